The molecule has 3 rings (SSSR count). The molecule has 0 bridgehead atoms. The second-order valence-electron chi connectivity index (χ2n) is 5.45. The number of rotatable bonds is 5. The Labute approximate surface area is 144 Å². The van der Waals surface area contributed by atoms with Crippen molar-refractivity contribution < 1.29 is 4.79 Å². The Hall–Kier alpha value is -2.54. The van der Waals surface area contributed by atoms with Crippen LogP contribution in [0, 0.1) is 6.92 Å². The first-order chi connectivity index (χ1) is 11.6. The molecule has 0 aliphatic rings. The number of aromatic nitrogens is 4. The predicted octanol–water partition coefficient (Wildman–Crippen LogP) is 2.95. The molecule has 1 aromatic carbocycles. The number of hydrogen-bond donors (Lipinski definition) is 1. The summed E-state index contributed by atoms with van der Waals surface area (Å²) in [6.07, 6.45) is 3.87. The lowest BCUT2D eigenvalue weighted by Gasteiger charge is -2.07. The SMILES string of the molecule is CSc1nc(-c2ccccc2)cn1CC(=O)Nc1cc(C)nn1C. The molecule has 1 amide bonds. The van der Waals surface area contributed by atoms with Crippen molar-refractivity contribution in [1.82, 2.24) is 19.3 Å². The Morgan fingerprint density at radius 2 is 2.04 bits per heavy atom. The van der Waals surface area contributed by atoms with Gasteiger partial charge in [-0.3, -0.25) is 9.48 Å². The maximum Gasteiger partial charge on any atom is 0.245 e. The topological polar surface area (TPSA) is 64.7 Å². The average Bonchev–Trinajstić information content (AvgIpc) is 3.11. The largest absolute Gasteiger partial charge is 0.316 e. The molecule has 24 heavy (non-hydrogen) atoms. The molecule has 0 saturated heterocycles. The molecule has 0 unspecified atom stereocenters. The third-order valence-electron chi connectivity index (χ3n) is 3.58. The van der Waals surface area contributed by atoms with E-state index in [0.717, 1.165) is 22.1 Å². The summed E-state index contributed by atoms with van der Waals surface area (Å²) < 4.78 is 3.53. The standard InChI is InChI=1S/C17H19N5OS/c1-12-9-15(21(2)20-12)19-16(23)11-22-10-14(18-17(22)24-3)13-7-5-4-6-8-13/h4-10H,11H2,1-3H3,(H,19,23). The van der Waals surface area contributed by atoms with Gasteiger partial charge in [0.15, 0.2) is 5.16 Å². The number of amides is 1. The van der Waals surface area contributed by atoms with Gasteiger partial charge in [-0.15, -0.1) is 0 Å². The normalized spacial score (nSPS) is 10.8. The van der Waals surface area contributed by atoms with E-state index in [9.17, 15) is 4.79 Å². The lowest BCUT2D eigenvalue weighted by molar-refractivity contribution is -0.116. The van der Waals surface area contributed by atoms with Crippen LogP contribution in [0.2, 0.25) is 0 Å². The summed E-state index contributed by atoms with van der Waals surface area (Å²) in [4.78, 5) is 17.0. The first-order valence-corrected chi connectivity index (χ1v) is 8.76. The fraction of sp³-hybridized carbons (Fsp3) is 0.235. The minimum Gasteiger partial charge on any atom is -0.316 e. The molecule has 2 heterocycles. The highest BCUT2D eigenvalue weighted by atomic mass is 32.2. The van der Waals surface area contributed by atoms with Gasteiger partial charge >= 0.3 is 0 Å². The number of thioether (sulfide) groups is 1. The van der Waals surface area contributed by atoms with Gasteiger partial charge in [-0.05, 0) is 13.2 Å². The van der Waals surface area contributed by atoms with E-state index in [0.29, 0.717) is 5.82 Å². The van der Waals surface area contributed by atoms with E-state index in [4.69, 9.17) is 0 Å². The van der Waals surface area contributed by atoms with E-state index in [1.54, 1.807) is 11.7 Å². The van der Waals surface area contributed by atoms with Gasteiger partial charge in [0.25, 0.3) is 0 Å². The molecule has 0 saturated carbocycles. The molecule has 2 aromatic heterocycles. The van der Waals surface area contributed by atoms with Gasteiger partial charge in [0.2, 0.25) is 5.91 Å². The fourth-order valence-corrected chi connectivity index (χ4v) is 3.03. The van der Waals surface area contributed by atoms with Gasteiger partial charge in [-0.2, -0.15) is 5.10 Å². The third-order valence-corrected chi connectivity index (χ3v) is 4.27. The monoisotopic (exact) mass is 341 g/mol. The molecule has 3 aromatic rings. The van der Waals surface area contributed by atoms with Gasteiger partial charge in [0.1, 0.15) is 12.4 Å². The van der Waals surface area contributed by atoms with Crippen LogP contribution in [0.25, 0.3) is 11.3 Å². The van der Waals surface area contributed by atoms with Crippen LogP contribution < -0.4 is 5.32 Å². The number of hydrogen-bond acceptors (Lipinski definition) is 4. The highest BCUT2D eigenvalue weighted by molar-refractivity contribution is 7.98. The predicted molar refractivity (Wildman–Crippen MR) is 96.0 cm³/mol. The number of anilines is 1. The maximum atomic E-state index is 12.3. The Balaban J connectivity index is 1.78. The number of carbonyl (C=O) groups excluding carboxylic acids is 1. The minimum absolute atomic E-state index is 0.106. The Morgan fingerprint density at radius 3 is 2.67 bits per heavy atom. The van der Waals surface area contributed by atoms with Gasteiger partial charge in [0.05, 0.1) is 11.4 Å². The molecule has 6 nitrogen and oxygen atoms in total. The number of aryl methyl sites for hydroxylation is 2. The molecule has 124 valence electrons. The van der Waals surface area contributed by atoms with Crippen LogP contribution in [0.1, 0.15) is 5.69 Å². The summed E-state index contributed by atoms with van der Waals surface area (Å²) in [7, 11) is 1.81. The van der Waals surface area contributed by atoms with Crippen LogP contribution in [-0.4, -0.2) is 31.5 Å². The van der Waals surface area contributed by atoms with Crippen molar-refractivity contribution in [3.8, 4) is 11.3 Å². The highest BCUT2D eigenvalue weighted by Crippen LogP contribution is 2.23. The van der Waals surface area contributed by atoms with Gasteiger partial charge in [0, 0.05) is 24.9 Å². The number of nitrogens with one attached hydrogen (secondary N) is 1. The first-order valence-electron chi connectivity index (χ1n) is 7.54. The van der Waals surface area contributed by atoms with E-state index >= 15 is 0 Å². The molecule has 7 heteroatoms. The molecule has 0 aliphatic carbocycles. The molecule has 0 fully saturated rings. The van der Waals surface area contributed by atoms with Crippen molar-refractivity contribution in [3.05, 3.63) is 48.3 Å². The summed E-state index contributed by atoms with van der Waals surface area (Å²) in [5.74, 6) is 0.580. The maximum absolute atomic E-state index is 12.3. The average molecular weight is 341 g/mol. The molecular formula is C17H19N5OS. The highest BCUT2D eigenvalue weighted by Gasteiger charge is 2.13. The van der Waals surface area contributed by atoms with Crippen molar-refractivity contribution in [1.29, 1.82) is 0 Å². The zero-order chi connectivity index (χ0) is 17.1. The number of benzene rings is 1. The smallest absolute Gasteiger partial charge is 0.245 e. The zero-order valence-corrected chi connectivity index (χ0v) is 14.7. The molecule has 0 spiro atoms. The molecule has 0 aliphatic heterocycles. The van der Waals surface area contributed by atoms with Crippen LogP contribution in [0.15, 0.2) is 47.8 Å². The van der Waals surface area contributed by atoms with Crippen LogP contribution in [0.3, 0.4) is 0 Å². The lowest BCUT2D eigenvalue weighted by Crippen LogP contribution is -2.20. The summed E-state index contributed by atoms with van der Waals surface area (Å²) >= 11 is 1.52. The van der Waals surface area contributed by atoms with Crippen molar-refractivity contribution in [2.24, 2.45) is 7.05 Å². The van der Waals surface area contributed by atoms with Crippen LogP contribution in [0.5, 0.6) is 0 Å². The second kappa shape index (κ2) is 6.92. The summed E-state index contributed by atoms with van der Waals surface area (Å²) in [5, 5.41) is 7.92. The van der Waals surface area contributed by atoms with E-state index < -0.39 is 0 Å². The van der Waals surface area contributed by atoms with Gasteiger partial charge in [-0.25, -0.2) is 4.98 Å². The summed E-state index contributed by atoms with van der Waals surface area (Å²) in [6, 6.07) is 11.8. The zero-order valence-electron chi connectivity index (χ0n) is 13.9. The van der Waals surface area contributed by atoms with Crippen molar-refractivity contribution in [2.75, 3.05) is 11.6 Å². The fourth-order valence-electron chi connectivity index (χ4n) is 2.49. The van der Waals surface area contributed by atoms with Crippen molar-refractivity contribution >= 4 is 23.5 Å². The number of carbonyl (C=O) groups is 1. The van der Waals surface area contributed by atoms with E-state index in [2.05, 4.69) is 15.4 Å². The van der Waals surface area contributed by atoms with Crippen LogP contribution in [-0.2, 0) is 18.4 Å². The van der Waals surface area contributed by atoms with Crippen molar-refractivity contribution in [3.63, 3.8) is 0 Å². The van der Waals surface area contributed by atoms with Crippen molar-refractivity contribution in [2.45, 2.75) is 18.6 Å². The third kappa shape index (κ3) is 3.51. The Morgan fingerprint density at radius 1 is 1.29 bits per heavy atom. The number of imidazole rings is 1. The number of nitrogens with zero attached hydrogens (tertiary/aromatic N) is 4. The quantitative estimate of drug-likeness (QED) is 0.725. The minimum atomic E-state index is -0.106. The first kappa shape index (κ1) is 16.3. The van der Waals surface area contributed by atoms with E-state index in [1.165, 1.54) is 11.8 Å². The Bertz CT molecular complexity index is 853. The van der Waals surface area contributed by atoms with E-state index in [1.807, 2.05) is 60.3 Å². The van der Waals surface area contributed by atoms with Gasteiger partial charge < -0.3 is 9.88 Å². The molecule has 0 atom stereocenters. The van der Waals surface area contributed by atoms with Crippen LogP contribution >= 0.6 is 11.8 Å². The van der Waals surface area contributed by atoms with Crippen LogP contribution in [0.4, 0.5) is 5.82 Å². The van der Waals surface area contributed by atoms with E-state index in [-0.39, 0.29) is 12.5 Å². The molecular weight excluding hydrogens is 322 g/mol. The molecule has 1 N–H and O–H groups in total. The Kier molecular flexibility index (Phi) is 4.71. The second-order valence-corrected chi connectivity index (χ2v) is 6.22. The summed E-state index contributed by atoms with van der Waals surface area (Å²) in [5.41, 5.74) is 2.77. The van der Waals surface area contributed by atoms with Gasteiger partial charge in [-0.1, -0.05) is 42.1 Å². The summed E-state index contributed by atoms with van der Waals surface area (Å²) in [6.45, 7) is 2.10. The lowest BCUT2D eigenvalue weighted by atomic mass is 10.2. The molecule has 0 radical (unpaired) electrons.